The molecule has 13 heteroatoms. The van der Waals surface area contributed by atoms with Crippen molar-refractivity contribution in [2.24, 2.45) is 5.10 Å². The highest BCUT2D eigenvalue weighted by molar-refractivity contribution is 5.94. The van der Waals surface area contributed by atoms with Gasteiger partial charge in [0.1, 0.15) is 23.9 Å². The van der Waals surface area contributed by atoms with Crippen molar-refractivity contribution in [1.82, 2.24) is 30.7 Å². The van der Waals surface area contributed by atoms with Crippen molar-refractivity contribution in [3.8, 4) is 5.82 Å². The van der Waals surface area contributed by atoms with Gasteiger partial charge in [0.15, 0.2) is 5.69 Å². The summed E-state index contributed by atoms with van der Waals surface area (Å²) < 4.78 is 32.6. The lowest BCUT2D eigenvalue weighted by Crippen LogP contribution is -3.04. The molecule has 0 radical (unpaired) electrons. The van der Waals surface area contributed by atoms with E-state index in [0.29, 0.717) is 12.2 Å². The molecule has 3 aromatic rings. The third-order valence-electron chi connectivity index (χ3n) is 3.52. The zero-order chi connectivity index (χ0) is 20.3. The van der Waals surface area contributed by atoms with Gasteiger partial charge in [0.25, 0.3) is 5.91 Å². The molecule has 0 atom stereocenters. The van der Waals surface area contributed by atoms with Gasteiger partial charge in [-0.3, -0.25) is 4.79 Å². The lowest BCUT2D eigenvalue weighted by molar-refractivity contribution is -0.873. The number of carbonyl (C=O) groups excluding carboxylic acids is 1. The summed E-state index contributed by atoms with van der Waals surface area (Å²) in [7, 11) is 3.71. The lowest BCUT2D eigenvalue weighted by Gasteiger charge is -2.08. The first-order chi connectivity index (χ1) is 13.4. The van der Waals surface area contributed by atoms with Crippen LogP contribution >= 0.6 is 0 Å². The predicted octanol–water partition coefficient (Wildman–Crippen LogP) is -1.08. The highest BCUT2D eigenvalue weighted by Gasteiger charge is 2.25. The van der Waals surface area contributed by atoms with Crippen molar-refractivity contribution in [2.75, 3.05) is 19.8 Å². The third-order valence-corrected chi connectivity index (χ3v) is 3.52. The number of hydrogen-bond acceptors (Lipinski definition) is 8. The Hall–Kier alpha value is -3.74. The van der Waals surface area contributed by atoms with E-state index >= 15 is 0 Å². The molecule has 0 unspecified atom stereocenters. The number of nitrogens with two attached hydrogens (primary N) is 1. The Morgan fingerprint density at radius 3 is 2.86 bits per heavy atom. The first-order valence-corrected chi connectivity index (χ1v) is 7.97. The minimum atomic E-state index is -0.703. The average molecular weight is 392 g/mol. The summed E-state index contributed by atoms with van der Waals surface area (Å²) >= 11 is 0. The van der Waals surface area contributed by atoms with Crippen LogP contribution in [0.2, 0.25) is 0 Å². The van der Waals surface area contributed by atoms with E-state index in [9.17, 15) is 13.6 Å². The van der Waals surface area contributed by atoms with Gasteiger partial charge in [0.05, 0.1) is 20.3 Å². The number of nitrogens with zero attached hydrogens (tertiary/aromatic N) is 6. The monoisotopic (exact) mass is 392 g/mol. The molecular weight excluding hydrogens is 376 g/mol. The number of hydrazone groups is 1. The molecule has 146 valence electrons. The van der Waals surface area contributed by atoms with Gasteiger partial charge in [0.2, 0.25) is 11.6 Å². The summed E-state index contributed by atoms with van der Waals surface area (Å²) in [6.07, 6.45) is 0.983. The van der Waals surface area contributed by atoms with Crippen molar-refractivity contribution >= 4 is 17.9 Å². The molecule has 1 amide bonds. The molecule has 0 aliphatic carbocycles. The molecule has 3 rings (SSSR count). The summed E-state index contributed by atoms with van der Waals surface area (Å²) in [5, 5.41) is 18.5. The Labute approximate surface area is 156 Å². The molecule has 1 aromatic carbocycles. The van der Waals surface area contributed by atoms with E-state index in [0.717, 1.165) is 29.3 Å². The van der Waals surface area contributed by atoms with Crippen LogP contribution in [0.3, 0.4) is 0 Å². The minimum Gasteiger partial charge on any atom is -0.378 e. The van der Waals surface area contributed by atoms with E-state index in [1.54, 1.807) is 0 Å². The molecule has 0 aliphatic heterocycles. The van der Waals surface area contributed by atoms with E-state index in [1.165, 1.54) is 4.68 Å². The van der Waals surface area contributed by atoms with Gasteiger partial charge in [-0.25, -0.2) is 18.8 Å². The second kappa shape index (κ2) is 7.87. The summed E-state index contributed by atoms with van der Waals surface area (Å²) in [4.78, 5) is 13.4. The van der Waals surface area contributed by atoms with Crippen molar-refractivity contribution < 1.29 is 23.1 Å². The summed E-state index contributed by atoms with van der Waals surface area (Å²) in [5.41, 5.74) is 8.10. The number of amides is 1. The Bertz CT molecular complexity index is 1030. The van der Waals surface area contributed by atoms with Gasteiger partial charge in [-0.15, -0.1) is 5.10 Å². The molecule has 0 spiro atoms. The maximum absolute atomic E-state index is 13.6. The van der Waals surface area contributed by atoms with Crippen molar-refractivity contribution in [3.05, 3.63) is 46.8 Å². The maximum atomic E-state index is 13.6. The number of anilines is 1. The molecule has 2 aromatic heterocycles. The van der Waals surface area contributed by atoms with Gasteiger partial charge in [0, 0.05) is 5.56 Å². The van der Waals surface area contributed by atoms with Crippen LogP contribution in [0.25, 0.3) is 5.82 Å². The number of quaternary nitrogens is 1. The topological polar surface area (TPSA) is 142 Å². The second-order valence-electron chi connectivity index (χ2n) is 6.02. The Balaban J connectivity index is 1.85. The number of hydrogen-bond donors (Lipinski definition) is 3. The normalized spacial score (nSPS) is 11.5. The van der Waals surface area contributed by atoms with Crippen LogP contribution in [0, 0.1) is 11.6 Å². The molecule has 0 bridgehead atoms. The quantitative estimate of drug-likeness (QED) is 0.358. The second-order valence-corrected chi connectivity index (χ2v) is 6.02. The summed E-state index contributed by atoms with van der Waals surface area (Å²) in [6, 6.07) is 2.88. The summed E-state index contributed by atoms with van der Waals surface area (Å²) in [5.74, 6) is -1.95. The molecule has 11 nitrogen and oxygen atoms in total. The van der Waals surface area contributed by atoms with E-state index in [1.807, 2.05) is 14.1 Å². The highest BCUT2D eigenvalue weighted by Crippen LogP contribution is 2.15. The molecule has 2 heterocycles. The van der Waals surface area contributed by atoms with Gasteiger partial charge in [-0.2, -0.15) is 9.78 Å². The first-order valence-electron chi connectivity index (χ1n) is 7.97. The molecule has 4 N–H and O–H groups in total. The van der Waals surface area contributed by atoms with Crippen LogP contribution in [0.1, 0.15) is 21.7 Å². The number of carbonyl (C=O) groups is 1. The van der Waals surface area contributed by atoms with Crippen molar-refractivity contribution in [3.63, 3.8) is 0 Å². The highest BCUT2D eigenvalue weighted by atomic mass is 19.1. The van der Waals surface area contributed by atoms with Crippen LogP contribution in [0.4, 0.5) is 14.6 Å². The molecule has 0 aliphatic rings. The fourth-order valence-corrected chi connectivity index (χ4v) is 2.31. The number of aromatic nitrogens is 5. The van der Waals surface area contributed by atoms with Crippen molar-refractivity contribution in [1.29, 1.82) is 0 Å². The Morgan fingerprint density at radius 2 is 2.18 bits per heavy atom. The number of nitrogens with one attached hydrogen (secondary N) is 2. The standard InChI is InChI=1S/C15H15F2N9O2/c1-25(2)7-11-12(20-24-26(11)14-13(18)22-28-23-14)15(27)21-19-6-8-5-9(16)3-4-10(8)17/h3-6H,7H2,1-2H3,(H2,18,22)(H,21,27)/p+1/b19-6-. The van der Waals surface area contributed by atoms with E-state index in [4.69, 9.17) is 5.73 Å². The molecule has 28 heavy (non-hydrogen) atoms. The summed E-state index contributed by atoms with van der Waals surface area (Å²) in [6.45, 7) is 0.338. The van der Waals surface area contributed by atoms with E-state index in [-0.39, 0.29) is 22.9 Å². The number of halogens is 2. The average Bonchev–Trinajstić information content (AvgIpc) is 3.23. The van der Waals surface area contributed by atoms with E-state index < -0.39 is 17.5 Å². The van der Waals surface area contributed by atoms with Crippen LogP contribution < -0.4 is 16.1 Å². The Morgan fingerprint density at radius 1 is 1.39 bits per heavy atom. The molecule has 0 saturated carbocycles. The number of benzene rings is 1. The zero-order valence-corrected chi connectivity index (χ0v) is 14.8. The maximum Gasteiger partial charge on any atom is 0.294 e. The van der Waals surface area contributed by atoms with Gasteiger partial charge >= 0.3 is 0 Å². The fraction of sp³-hybridized carbons (Fsp3) is 0.200. The van der Waals surface area contributed by atoms with Crippen LogP contribution in [-0.2, 0) is 6.54 Å². The zero-order valence-electron chi connectivity index (χ0n) is 14.8. The van der Waals surface area contributed by atoms with E-state index in [2.05, 4.69) is 35.8 Å². The van der Waals surface area contributed by atoms with Crippen molar-refractivity contribution in [2.45, 2.75) is 6.54 Å². The van der Waals surface area contributed by atoms with Gasteiger partial charge in [-0.05, 0) is 28.5 Å². The Kier molecular flexibility index (Phi) is 5.35. The fourth-order valence-electron chi connectivity index (χ4n) is 2.31. The largest absolute Gasteiger partial charge is 0.378 e. The van der Waals surface area contributed by atoms with Crippen LogP contribution in [0.15, 0.2) is 27.9 Å². The molecule has 0 saturated heterocycles. The van der Waals surface area contributed by atoms with Crippen LogP contribution in [0.5, 0.6) is 0 Å². The van der Waals surface area contributed by atoms with Crippen LogP contribution in [-0.4, -0.2) is 51.5 Å². The molecular formula is C15H16F2N9O2+. The third kappa shape index (κ3) is 3.98. The van der Waals surface area contributed by atoms with Gasteiger partial charge in [-0.1, -0.05) is 5.21 Å². The first kappa shape index (κ1) is 19.0. The smallest absolute Gasteiger partial charge is 0.294 e. The SMILES string of the molecule is C[NH+](C)Cc1c(C(=O)N/N=C\c2cc(F)ccc2F)nnn1-c1nonc1N. The lowest BCUT2D eigenvalue weighted by atomic mass is 10.2. The molecule has 0 fully saturated rings. The number of nitrogen functional groups attached to an aromatic ring is 1. The minimum absolute atomic E-state index is 0.0218. The number of rotatable bonds is 6. The van der Waals surface area contributed by atoms with Gasteiger partial charge < -0.3 is 10.6 Å². The predicted molar refractivity (Wildman–Crippen MR) is 91.6 cm³/mol.